The van der Waals surface area contributed by atoms with Crippen LogP contribution >= 0.6 is 22.4 Å². The molecular weight excluding hydrogens is 264 g/mol. The second-order valence-corrected chi connectivity index (χ2v) is 8.38. The predicted molar refractivity (Wildman–Crippen MR) is 68.8 cm³/mol. The summed E-state index contributed by atoms with van der Waals surface area (Å²) < 4.78 is 21.9. The number of hydrogen-bond acceptors (Lipinski definition) is 3. The van der Waals surface area contributed by atoms with Crippen molar-refractivity contribution in [3.63, 3.8) is 0 Å². The second kappa shape index (κ2) is 4.59. The average Bonchev–Trinajstić information content (AvgIpc) is 2.54. The van der Waals surface area contributed by atoms with Crippen molar-refractivity contribution in [1.82, 2.24) is 0 Å². The van der Waals surface area contributed by atoms with E-state index in [9.17, 15) is 8.42 Å². The molecule has 0 bridgehead atoms. The molecule has 1 aromatic carbocycles. The van der Waals surface area contributed by atoms with Gasteiger partial charge in [-0.25, -0.2) is 8.42 Å². The van der Waals surface area contributed by atoms with Crippen molar-refractivity contribution in [2.24, 2.45) is 0 Å². The predicted octanol–water partition coefficient (Wildman–Crippen LogP) is 2.83. The molecule has 0 saturated carbocycles. The first-order chi connectivity index (χ1) is 7.46. The van der Waals surface area contributed by atoms with Crippen molar-refractivity contribution in [3.05, 3.63) is 29.3 Å². The van der Waals surface area contributed by atoms with Crippen LogP contribution in [0.1, 0.15) is 18.1 Å². The van der Waals surface area contributed by atoms with E-state index in [0.717, 1.165) is 12.0 Å². The SMILES string of the molecule is CC1Cc2cccc(CCS(=O)(=O)Cl)c2S1. The molecule has 2 nitrogen and oxygen atoms in total. The van der Waals surface area contributed by atoms with Crippen molar-refractivity contribution in [3.8, 4) is 0 Å². The Hall–Kier alpha value is -0.190. The molecule has 1 heterocycles. The highest BCUT2D eigenvalue weighted by Crippen LogP contribution is 2.39. The highest BCUT2D eigenvalue weighted by atomic mass is 35.7. The lowest BCUT2D eigenvalue weighted by atomic mass is 10.1. The topological polar surface area (TPSA) is 34.1 Å². The minimum atomic E-state index is -3.39. The lowest BCUT2D eigenvalue weighted by Crippen LogP contribution is -2.02. The molecule has 1 aliphatic heterocycles. The Morgan fingerprint density at radius 1 is 1.50 bits per heavy atom. The normalized spacial score (nSPS) is 19.8. The number of halogens is 1. The molecule has 1 atom stereocenters. The van der Waals surface area contributed by atoms with Gasteiger partial charge in [-0.2, -0.15) is 0 Å². The first kappa shape index (κ1) is 12.3. The van der Waals surface area contributed by atoms with Crippen LogP contribution in [0.3, 0.4) is 0 Å². The number of rotatable bonds is 3. The van der Waals surface area contributed by atoms with Gasteiger partial charge in [0, 0.05) is 20.8 Å². The quantitative estimate of drug-likeness (QED) is 0.796. The van der Waals surface area contributed by atoms with Crippen LogP contribution in [0.5, 0.6) is 0 Å². The van der Waals surface area contributed by atoms with Crippen LogP contribution in [0.4, 0.5) is 0 Å². The zero-order valence-corrected chi connectivity index (χ0v) is 11.3. The van der Waals surface area contributed by atoms with E-state index in [1.807, 2.05) is 23.9 Å². The smallest absolute Gasteiger partial charge is 0.212 e. The molecule has 5 heteroatoms. The zero-order valence-electron chi connectivity index (χ0n) is 8.94. The van der Waals surface area contributed by atoms with Crippen molar-refractivity contribution >= 4 is 31.5 Å². The lowest BCUT2D eigenvalue weighted by Gasteiger charge is -2.06. The molecule has 0 radical (unpaired) electrons. The second-order valence-electron chi connectivity index (χ2n) is 4.03. The first-order valence-electron chi connectivity index (χ1n) is 5.15. The fraction of sp³-hybridized carbons (Fsp3) is 0.455. The van der Waals surface area contributed by atoms with E-state index in [2.05, 4.69) is 13.0 Å². The number of aryl methyl sites for hydroxylation is 1. The van der Waals surface area contributed by atoms with E-state index < -0.39 is 9.05 Å². The van der Waals surface area contributed by atoms with Crippen molar-refractivity contribution < 1.29 is 8.42 Å². The number of thioether (sulfide) groups is 1. The highest BCUT2D eigenvalue weighted by molar-refractivity contribution is 8.13. The van der Waals surface area contributed by atoms with Crippen molar-refractivity contribution in [1.29, 1.82) is 0 Å². The van der Waals surface area contributed by atoms with Crippen LogP contribution in [0.2, 0.25) is 0 Å². The van der Waals surface area contributed by atoms with Crippen LogP contribution in [0, 0.1) is 0 Å². The van der Waals surface area contributed by atoms with E-state index in [-0.39, 0.29) is 5.75 Å². The minimum Gasteiger partial charge on any atom is -0.212 e. The Balaban J connectivity index is 2.21. The van der Waals surface area contributed by atoms with Gasteiger partial charge >= 0.3 is 0 Å². The van der Waals surface area contributed by atoms with Gasteiger partial charge in [-0.3, -0.25) is 0 Å². The Kier molecular flexibility index (Phi) is 3.52. The van der Waals surface area contributed by atoms with E-state index in [1.54, 1.807) is 0 Å². The third kappa shape index (κ3) is 2.93. The first-order valence-corrected chi connectivity index (χ1v) is 8.51. The molecule has 88 valence electrons. The summed E-state index contributed by atoms with van der Waals surface area (Å²) in [7, 11) is 1.84. The number of benzene rings is 1. The Labute approximate surface area is 105 Å². The molecule has 1 unspecified atom stereocenters. The number of hydrogen-bond donors (Lipinski definition) is 0. The third-order valence-corrected chi connectivity index (χ3v) is 5.10. The number of fused-ring (bicyclic) bond motifs is 1. The summed E-state index contributed by atoms with van der Waals surface area (Å²) in [6.45, 7) is 2.19. The fourth-order valence-corrected chi connectivity index (χ4v) is 3.92. The maximum Gasteiger partial charge on any atom is 0.232 e. The maximum atomic E-state index is 10.9. The Morgan fingerprint density at radius 3 is 2.94 bits per heavy atom. The standard InChI is InChI=1S/C11H13ClO2S2/c1-8-7-10-4-2-3-9(11(10)15-8)5-6-16(12,13)14/h2-4,8H,5-7H2,1H3. The van der Waals surface area contributed by atoms with Gasteiger partial charge in [-0.05, 0) is 24.0 Å². The summed E-state index contributed by atoms with van der Waals surface area (Å²) in [5.74, 6) is 0.0138. The van der Waals surface area contributed by atoms with Crippen LogP contribution in [-0.4, -0.2) is 19.4 Å². The molecule has 16 heavy (non-hydrogen) atoms. The summed E-state index contributed by atoms with van der Waals surface area (Å²) in [6, 6.07) is 6.10. The van der Waals surface area contributed by atoms with Gasteiger partial charge in [-0.1, -0.05) is 25.1 Å². The summed E-state index contributed by atoms with van der Waals surface area (Å²) in [5.41, 5.74) is 2.44. The lowest BCUT2D eigenvalue weighted by molar-refractivity contribution is 0.608. The van der Waals surface area contributed by atoms with Crippen LogP contribution in [0.25, 0.3) is 0 Å². The van der Waals surface area contributed by atoms with Gasteiger partial charge < -0.3 is 0 Å². The van der Waals surface area contributed by atoms with E-state index in [1.165, 1.54) is 10.5 Å². The van der Waals surface area contributed by atoms with Gasteiger partial charge in [0.25, 0.3) is 0 Å². The van der Waals surface area contributed by atoms with Gasteiger partial charge in [0.05, 0.1) is 5.75 Å². The highest BCUT2D eigenvalue weighted by Gasteiger charge is 2.21. The Morgan fingerprint density at radius 2 is 2.25 bits per heavy atom. The molecule has 1 aliphatic rings. The monoisotopic (exact) mass is 276 g/mol. The molecule has 0 amide bonds. The maximum absolute atomic E-state index is 10.9. The van der Waals surface area contributed by atoms with Crippen molar-refractivity contribution in [2.45, 2.75) is 29.9 Å². The summed E-state index contributed by atoms with van der Waals surface area (Å²) in [5, 5.41) is 0.587. The molecule has 0 aliphatic carbocycles. The van der Waals surface area contributed by atoms with E-state index >= 15 is 0 Å². The molecule has 0 N–H and O–H groups in total. The Bertz CT molecular complexity index is 497. The van der Waals surface area contributed by atoms with E-state index in [4.69, 9.17) is 10.7 Å². The van der Waals surface area contributed by atoms with Gasteiger partial charge in [-0.15, -0.1) is 11.8 Å². The molecule has 0 aromatic heterocycles. The van der Waals surface area contributed by atoms with Gasteiger partial charge in [0.15, 0.2) is 0 Å². The molecule has 0 saturated heterocycles. The summed E-state index contributed by atoms with van der Waals surface area (Å²) in [6.07, 6.45) is 1.58. The minimum absolute atomic E-state index is 0.0138. The molecule has 0 spiro atoms. The van der Waals surface area contributed by atoms with Crippen molar-refractivity contribution in [2.75, 3.05) is 5.75 Å². The van der Waals surface area contributed by atoms with Gasteiger partial charge in [0.2, 0.25) is 9.05 Å². The largest absolute Gasteiger partial charge is 0.232 e. The fourth-order valence-electron chi connectivity index (χ4n) is 1.93. The molecule has 1 aromatic rings. The molecular formula is C11H13ClO2S2. The third-order valence-electron chi connectivity index (χ3n) is 2.62. The zero-order chi connectivity index (χ0) is 11.8. The van der Waals surface area contributed by atoms with Crippen LogP contribution < -0.4 is 0 Å². The van der Waals surface area contributed by atoms with Crippen LogP contribution in [0.15, 0.2) is 23.1 Å². The summed E-state index contributed by atoms with van der Waals surface area (Å²) in [4.78, 5) is 1.26. The molecule has 0 fully saturated rings. The molecule has 2 rings (SSSR count). The summed E-state index contributed by atoms with van der Waals surface area (Å²) >= 11 is 1.83. The van der Waals surface area contributed by atoms with Crippen LogP contribution in [-0.2, 0) is 21.9 Å². The van der Waals surface area contributed by atoms with Gasteiger partial charge in [0.1, 0.15) is 0 Å². The average molecular weight is 277 g/mol. The van der Waals surface area contributed by atoms with E-state index in [0.29, 0.717) is 11.7 Å².